The first kappa shape index (κ1) is 40.0. The molecule has 19 heteroatoms. The quantitative estimate of drug-likeness (QED) is 0.104. The molecular weight excluding hydrogens is 674 g/mol. The zero-order chi connectivity index (χ0) is 36.5. The third-order valence-electron chi connectivity index (χ3n) is 5.63. The first-order valence-electron chi connectivity index (χ1n) is 14.0. The molecule has 2 aromatic carbocycles. The Labute approximate surface area is 274 Å². The predicted octanol–water partition coefficient (Wildman–Crippen LogP) is 4.72. The molecule has 0 atom stereocenters. The smallest absolute Gasteiger partial charge is 0.487 e. The fraction of sp³-hybridized carbons (Fsp3) is 0.333. The molecule has 0 bridgehead atoms. The Kier molecular flexibility index (Phi) is 16.0. The van der Waals surface area contributed by atoms with Gasteiger partial charge in [-0.1, -0.05) is 36.4 Å². The van der Waals surface area contributed by atoms with Crippen molar-refractivity contribution in [3.63, 3.8) is 0 Å². The molecule has 0 saturated carbocycles. The van der Waals surface area contributed by atoms with Crippen LogP contribution in [0.1, 0.15) is 0 Å². The molecule has 0 aliphatic carbocycles. The van der Waals surface area contributed by atoms with Crippen molar-refractivity contribution >= 4 is 45.4 Å². The third-order valence-corrected chi connectivity index (χ3v) is 5.63. The Bertz CT molecular complexity index is 1520. The zero-order valence-electron chi connectivity index (χ0n) is 25.5. The number of carboxylic acids is 2. The van der Waals surface area contributed by atoms with E-state index in [0.29, 0.717) is 76.0 Å². The van der Waals surface area contributed by atoms with Gasteiger partial charge >= 0.3 is 24.3 Å². The number of aliphatic carboxylic acids is 2. The normalized spacial score (nSPS) is 11.2. The van der Waals surface area contributed by atoms with Crippen molar-refractivity contribution in [1.29, 1.82) is 0 Å². The van der Waals surface area contributed by atoms with E-state index in [0.717, 1.165) is 21.8 Å². The molecule has 6 N–H and O–H groups in total. The van der Waals surface area contributed by atoms with E-state index < -0.39 is 24.3 Å². The predicted molar refractivity (Wildman–Crippen MR) is 163 cm³/mol. The summed E-state index contributed by atoms with van der Waals surface area (Å²) in [5, 5.41) is 16.2. The highest BCUT2D eigenvalue weighted by molar-refractivity contribution is 5.83. The molecule has 0 fully saturated rings. The van der Waals surface area contributed by atoms with Gasteiger partial charge in [-0.2, -0.15) is 26.3 Å². The van der Waals surface area contributed by atoms with E-state index in [1.807, 2.05) is 60.7 Å². The molecule has 0 unspecified atom stereocenters. The van der Waals surface area contributed by atoms with Crippen LogP contribution in [0.4, 0.5) is 38.0 Å². The molecule has 0 radical (unpaired) electrons. The number of pyridine rings is 2. The molecule has 4 rings (SSSR count). The van der Waals surface area contributed by atoms with Gasteiger partial charge in [0.15, 0.2) is 23.1 Å². The van der Waals surface area contributed by atoms with Crippen molar-refractivity contribution in [3.05, 3.63) is 60.7 Å². The second-order valence-corrected chi connectivity index (χ2v) is 9.27. The summed E-state index contributed by atoms with van der Waals surface area (Å²) in [6.07, 6.45) is -10.2. The first-order valence-corrected chi connectivity index (χ1v) is 14.0. The Balaban J connectivity index is 0.000000500. The number of anilines is 2. The molecule has 2 aromatic heterocycles. The minimum absolute atomic E-state index is 0.370. The van der Waals surface area contributed by atoms with Crippen molar-refractivity contribution in [1.82, 2.24) is 9.97 Å². The third kappa shape index (κ3) is 15.1. The maximum absolute atomic E-state index is 10.6. The maximum Gasteiger partial charge on any atom is 0.490 e. The minimum atomic E-state index is -5.08. The number of carboxylic acid groups (broad SMARTS) is 2. The molecule has 0 amide bonds. The molecule has 0 aliphatic heterocycles. The average molecular weight is 707 g/mol. The van der Waals surface area contributed by atoms with Gasteiger partial charge < -0.3 is 45.4 Å². The number of fused-ring (bicyclic) bond motifs is 2. The SMILES string of the molecule is Nc1nc2ccccc2cc1OCCOCCOCCOCCOc1cc2ccccc2nc1N.O=C(O)C(F)(F)F.O=C(O)C(F)(F)F. The summed E-state index contributed by atoms with van der Waals surface area (Å²) in [4.78, 5) is 26.5. The summed E-state index contributed by atoms with van der Waals surface area (Å²) < 4.78 is 91.4. The number of hydrogen-bond donors (Lipinski definition) is 4. The molecule has 13 nitrogen and oxygen atoms in total. The van der Waals surface area contributed by atoms with Gasteiger partial charge in [0.1, 0.15) is 13.2 Å². The largest absolute Gasteiger partial charge is 0.490 e. The molecule has 0 saturated heterocycles. The summed E-state index contributed by atoms with van der Waals surface area (Å²) in [5.41, 5.74) is 13.6. The number of aromatic nitrogens is 2. The van der Waals surface area contributed by atoms with Crippen molar-refractivity contribution in [3.8, 4) is 11.5 Å². The summed E-state index contributed by atoms with van der Waals surface area (Å²) in [5.74, 6) is -3.65. The summed E-state index contributed by atoms with van der Waals surface area (Å²) in [6, 6.07) is 19.3. The fourth-order valence-electron chi connectivity index (χ4n) is 3.42. The number of ether oxygens (including phenoxy) is 5. The number of nitrogen functional groups attached to an aromatic ring is 2. The lowest BCUT2D eigenvalue weighted by atomic mass is 10.2. The highest BCUT2D eigenvalue weighted by Gasteiger charge is 2.38. The van der Waals surface area contributed by atoms with Crippen LogP contribution in [0.3, 0.4) is 0 Å². The number of nitrogens with zero attached hydrogens (tertiary/aromatic N) is 2. The number of hydrogen-bond acceptors (Lipinski definition) is 11. The number of rotatable bonds is 14. The molecular formula is C30H32F6N4O9. The molecule has 49 heavy (non-hydrogen) atoms. The topological polar surface area (TPSA) is 199 Å². The number of nitrogens with two attached hydrogens (primary N) is 2. The number of benzene rings is 2. The van der Waals surface area contributed by atoms with Crippen LogP contribution in [0.5, 0.6) is 11.5 Å². The second kappa shape index (κ2) is 19.6. The lowest BCUT2D eigenvalue weighted by Crippen LogP contribution is -2.21. The number of halogens is 6. The maximum atomic E-state index is 10.6. The number of alkyl halides is 6. The fourth-order valence-corrected chi connectivity index (χ4v) is 3.42. The Hall–Kier alpha value is -5.14. The van der Waals surface area contributed by atoms with E-state index in [2.05, 4.69) is 9.97 Å². The van der Waals surface area contributed by atoms with Crippen LogP contribution in [0.2, 0.25) is 0 Å². The van der Waals surface area contributed by atoms with Crippen LogP contribution in [-0.2, 0) is 23.8 Å². The minimum Gasteiger partial charge on any atom is -0.487 e. The van der Waals surface area contributed by atoms with Gasteiger partial charge in [0.2, 0.25) is 0 Å². The van der Waals surface area contributed by atoms with Gasteiger partial charge in [-0.25, -0.2) is 19.6 Å². The summed E-state index contributed by atoms with van der Waals surface area (Å²) >= 11 is 0. The summed E-state index contributed by atoms with van der Waals surface area (Å²) in [6.45, 7) is 3.48. The van der Waals surface area contributed by atoms with E-state index in [1.165, 1.54) is 0 Å². The standard InChI is InChI=1S/C26H30N4O5.2C2HF3O2/c27-25-23(17-19-5-1-3-7-21(19)29-25)34-15-13-32-11-9-31-10-12-33-14-16-35-24-18-20-6-2-4-8-22(20)30-26(24)28;2*3-2(4,5)1(6)7/h1-8,17-18H,9-16H2,(H2,27,29)(H2,28,30);2*(H,6,7). The first-order chi connectivity index (χ1) is 23.1. The highest BCUT2D eigenvalue weighted by atomic mass is 19.4. The van der Waals surface area contributed by atoms with Crippen LogP contribution in [0.25, 0.3) is 21.8 Å². The van der Waals surface area contributed by atoms with E-state index in [9.17, 15) is 26.3 Å². The van der Waals surface area contributed by atoms with Gasteiger partial charge in [0.25, 0.3) is 0 Å². The van der Waals surface area contributed by atoms with Crippen LogP contribution >= 0.6 is 0 Å². The van der Waals surface area contributed by atoms with Crippen LogP contribution < -0.4 is 20.9 Å². The van der Waals surface area contributed by atoms with E-state index in [-0.39, 0.29) is 0 Å². The molecule has 0 spiro atoms. The van der Waals surface area contributed by atoms with Gasteiger partial charge in [0.05, 0.1) is 50.7 Å². The molecule has 2 heterocycles. The Morgan fingerprint density at radius 3 is 1.16 bits per heavy atom. The average Bonchev–Trinajstić information content (AvgIpc) is 3.03. The van der Waals surface area contributed by atoms with E-state index in [1.54, 1.807) is 0 Å². The molecule has 4 aromatic rings. The van der Waals surface area contributed by atoms with Gasteiger partial charge in [-0.3, -0.25) is 0 Å². The Morgan fingerprint density at radius 1 is 0.571 bits per heavy atom. The van der Waals surface area contributed by atoms with Crippen molar-refractivity contribution in [2.75, 3.05) is 64.3 Å². The van der Waals surface area contributed by atoms with Crippen LogP contribution in [-0.4, -0.2) is 97.3 Å². The Morgan fingerprint density at radius 2 is 0.857 bits per heavy atom. The van der Waals surface area contributed by atoms with E-state index >= 15 is 0 Å². The van der Waals surface area contributed by atoms with Gasteiger partial charge in [-0.15, -0.1) is 0 Å². The zero-order valence-corrected chi connectivity index (χ0v) is 25.5. The molecule has 268 valence electrons. The second-order valence-electron chi connectivity index (χ2n) is 9.27. The van der Waals surface area contributed by atoms with Crippen molar-refractivity contribution in [2.24, 2.45) is 0 Å². The lowest BCUT2D eigenvalue weighted by molar-refractivity contribution is -0.193. The lowest BCUT2D eigenvalue weighted by Gasteiger charge is -2.11. The highest BCUT2D eigenvalue weighted by Crippen LogP contribution is 2.25. The van der Waals surface area contributed by atoms with Gasteiger partial charge in [0, 0.05) is 10.8 Å². The van der Waals surface area contributed by atoms with Gasteiger partial charge in [-0.05, 0) is 24.3 Å². The van der Waals surface area contributed by atoms with Crippen LogP contribution in [0, 0.1) is 0 Å². The van der Waals surface area contributed by atoms with Crippen molar-refractivity contribution in [2.45, 2.75) is 12.4 Å². The van der Waals surface area contributed by atoms with Crippen molar-refractivity contribution < 1.29 is 69.8 Å². The van der Waals surface area contributed by atoms with E-state index in [4.69, 9.17) is 55.0 Å². The number of carbonyl (C=O) groups is 2. The monoisotopic (exact) mass is 706 g/mol. The van der Waals surface area contributed by atoms with Crippen LogP contribution in [0.15, 0.2) is 60.7 Å². The number of para-hydroxylation sites is 2. The molecule has 0 aliphatic rings. The summed E-state index contributed by atoms with van der Waals surface area (Å²) in [7, 11) is 0.